The molecule has 1 rings (SSSR count). The molecule has 72 valence electrons. The van der Waals surface area contributed by atoms with Crippen LogP contribution in [0.25, 0.3) is 0 Å². The Morgan fingerprint density at radius 1 is 1.50 bits per heavy atom. The van der Waals surface area contributed by atoms with Gasteiger partial charge in [0.1, 0.15) is 5.21 Å². The van der Waals surface area contributed by atoms with Gasteiger partial charge in [-0.15, -0.1) is 11.6 Å². The fraction of sp³-hybridized carbons (Fsp3) is 1.00. The van der Waals surface area contributed by atoms with Crippen LogP contribution in [0.5, 0.6) is 0 Å². The Kier molecular flexibility index (Phi) is 3.37. The lowest BCUT2D eigenvalue weighted by molar-refractivity contribution is 0.270. The third-order valence-corrected chi connectivity index (χ3v) is 4.60. The van der Waals surface area contributed by atoms with Crippen LogP contribution in [0.15, 0.2) is 0 Å². The maximum atomic E-state index is 11.4. The van der Waals surface area contributed by atoms with Crippen molar-refractivity contribution < 1.29 is 8.42 Å². The number of rotatable bonds is 2. The van der Waals surface area contributed by atoms with E-state index in [9.17, 15) is 8.42 Å². The number of hydrogen-bond donors (Lipinski definition) is 0. The quantitative estimate of drug-likeness (QED) is 0.648. The summed E-state index contributed by atoms with van der Waals surface area (Å²) in [6.07, 6.45) is 3.03. The summed E-state index contributed by atoms with van der Waals surface area (Å²) >= 11 is 5.36. The highest BCUT2D eigenvalue weighted by atomic mass is 35.5. The molecule has 0 bridgehead atoms. The van der Waals surface area contributed by atoms with Crippen molar-refractivity contribution in [2.24, 2.45) is 0 Å². The van der Waals surface area contributed by atoms with E-state index in [1.54, 1.807) is 0 Å². The largest absolute Gasteiger partial charge is 0.228 e. The third-order valence-electron chi connectivity index (χ3n) is 2.24. The first-order valence-electron chi connectivity index (χ1n) is 4.13. The van der Waals surface area contributed by atoms with Gasteiger partial charge in [0.2, 0.25) is 10.0 Å². The minimum absolute atomic E-state index is 0.127. The van der Waals surface area contributed by atoms with E-state index < -0.39 is 10.0 Å². The summed E-state index contributed by atoms with van der Waals surface area (Å²) in [7, 11) is -3.17. The molecule has 1 atom stereocenters. The molecule has 0 saturated carbocycles. The van der Waals surface area contributed by atoms with Crippen LogP contribution in [0, 0.1) is 0 Å². The molecule has 0 aromatic rings. The molecule has 1 saturated heterocycles. The Hall–Kier alpha value is 0.200. The van der Waals surface area contributed by atoms with E-state index in [0.717, 1.165) is 19.3 Å². The van der Waals surface area contributed by atoms with Crippen LogP contribution in [0.4, 0.5) is 0 Å². The molecule has 1 aliphatic heterocycles. The van der Waals surface area contributed by atoms with Crippen LogP contribution in [-0.4, -0.2) is 30.5 Å². The topological polar surface area (TPSA) is 37.4 Å². The zero-order chi connectivity index (χ0) is 9.19. The van der Waals surface area contributed by atoms with E-state index in [-0.39, 0.29) is 11.3 Å². The van der Waals surface area contributed by atoms with Crippen LogP contribution < -0.4 is 0 Å². The van der Waals surface area contributed by atoms with Crippen molar-refractivity contribution in [3.05, 3.63) is 0 Å². The monoisotopic (exact) mass is 211 g/mol. The van der Waals surface area contributed by atoms with Crippen LogP contribution in [-0.2, 0) is 10.0 Å². The molecule has 0 radical (unpaired) electrons. The van der Waals surface area contributed by atoms with Gasteiger partial charge in [0, 0.05) is 12.6 Å². The minimum Gasteiger partial charge on any atom is -0.211 e. The Balaban J connectivity index is 2.72. The summed E-state index contributed by atoms with van der Waals surface area (Å²) < 4.78 is 24.2. The average Bonchev–Trinajstić information content (AvgIpc) is 2.05. The summed E-state index contributed by atoms with van der Waals surface area (Å²) in [5.41, 5.74) is 0. The van der Waals surface area contributed by atoms with E-state index in [4.69, 9.17) is 11.6 Å². The Labute approximate surface area is 78.7 Å². The van der Waals surface area contributed by atoms with Crippen molar-refractivity contribution in [3.8, 4) is 0 Å². The molecule has 0 aliphatic carbocycles. The Morgan fingerprint density at radius 3 is 2.67 bits per heavy atom. The number of hydrogen-bond acceptors (Lipinski definition) is 2. The Morgan fingerprint density at radius 2 is 2.17 bits per heavy atom. The van der Waals surface area contributed by atoms with E-state index in [1.807, 2.05) is 6.92 Å². The molecule has 0 spiro atoms. The molecule has 1 aliphatic rings. The molecular formula is C7H14ClNO2S. The molecule has 3 nitrogen and oxygen atoms in total. The second-order valence-corrected chi connectivity index (χ2v) is 5.68. The predicted octanol–water partition coefficient (Wildman–Crippen LogP) is 1.39. The van der Waals surface area contributed by atoms with Crippen LogP contribution >= 0.6 is 11.6 Å². The van der Waals surface area contributed by atoms with Gasteiger partial charge < -0.3 is 0 Å². The molecule has 1 unspecified atom stereocenters. The first kappa shape index (κ1) is 10.3. The van der Waals surface area contributed by atoms with E-state index >= 15 is 0 Å². The fourth-order valence-corrected chi connectivity index (χ4v) is 3.11. The molecule has 5 heteroatoms. The maximum Gasteiger partial charge on any atom is 0.228 e. The van der Waals surface area contributed by atoms with Gasteiger partial charge >= 0.3 is 0 Å². The lowest BCUT2D eigenvalue weighted by atomic mass is 10.1. The summed E-state index contributed by atoms with van der Waals surface area (Å²) in [6.45, 7) is 2.57. The van der Waals surface area contributed by atoms with Crippen LogP contribution in [0.2, 0.25) is 0 Å². The summed E-state index contributed by atoms with van der Waals surface area (Å²) in [5, 5.41) is -0.294. The van der Waals surface area contributed by atoms with Crippen molar-refractivity contribution in [2.45, 2.75) is 32.2 Å². The number of piperidine rings is 1. The standard InChI is InChI=1S/C7H14ClNO2S/c1-7-4-2-3-5-9(7)12(10,11)6-8/h7H,2-6H2,1H3. The minimum atomic E-state index is -3.17. The normalized spacial score (nSPS) is 27.3. The fourth-order valence-electron chi connectivity index (χ4n) is 1.55. The number of halogens is 1. The van der Waals surface area contributed by atoms with Crippen LogP contribution in [0.3, 0.4) is 0 Å². The predicted molar refractivity (Wildman–Crippen MR) is 49.7 cm³/mol. The van der Waals surface area contributed by atoms with E-state index in [2.05, 4.69) is 0 Å². The van der Waals surface area contributed by atoms with Gasteiger partial charge in [0.25, 0.3) is 0 Å². The lowest BCUT2D eigenvalue weighted by Crippen LogP contribution is -2.42. The SMILES string of the molecule is CC1CCCCN1S(=O)(=O)CCl. The molecule has 0 N–H and O–H groups in total. The van der Waals surface area contributed by atoms with Gasteiger partial charge in [-0.1, -0.05) is 6.42 Å². The summed E-state index contributed by atoms with van der Waals surface area (Å²) in [6, 6.07) is 0.127. The second-order valence-electron chi connectivity index (χ2n) is 3.18. The molecule has 12 heavy (non-hydrogen) atoms. The Bertz CT molecular complexity index is 240. The van der Waals surface area contributed by atoms with Gasteiger partial charge in [-0.2, -0.15) is 4.31 Å². The highest BCUT2D eigenvalue weighted by Gasteiger charge is 2.28. The molecule has 0 aromatic heterocycles. The second kappa shape index (κ2) is 3.94. The van der Waals surface area contributed by atoms with E-state index in [0.29, 0.717) is 6.54 Å². The van der Waals surface area contributed by atoms with E-state index in [1.165, 1.54) is 4.31 Å². The first-order chi connectivity index (χ1) is 5.58. The van der Waals surface area contributed by atoms with Gasteiger partial charge in [-0.25, -0.2) is 8.42 Å². The smallest absolute Gasteiger partial charge is 0.211 e. The molecule has 0 amide bonds. The van der Waals surface area contributed by atoms with Crippen molar-refractivity contribution in [1.82, 2.24) is 4.31 Å². The molecule has 1 fully saturated rings. The summed E-state index contributed by atoms with van der Waals surface area (Å²) in [5.74, 6) is 0. The van der Waals surface area contributed by atoms with Gasteiger partial charge in [0.05, 0.1) is 0 Å². The molecular weight excluding hydrogens is 198 g/mol. The highest BCUT2D eigenvalue weighted by Crippen LogP contribution is 2.20. The van der Waals surface area contributed by atoms with Crippen molar-refractivity contribution in [1.29, 1.82) is 0 Å². The molecule has 0 aromatic carbocycles. The highest BCUT2D eigenvalue weighted by molar-refractivity contribution is 7.90. The number of nitrogens with zero attached hydrogens (tertiary/aromatic N) is 1. The third kappa shape index (κ3) is 2.12. The van der Waals surface area contributed by atoms with Crippen LogP contribution in [0.1, 0.15) is 26.2 Å². The molecule has 1 heterocycles. The zero-order valence-electron chi connectivity index (χ0n) is 7.16. The maximum absolute atomic E-state index is 11.4. The van der Waals surface area contributed by atoms with Gasteiger partial charge in [-0.3, -0.25) is 0 Å². The van der Waals surface area contributed by atoms with Crippen molar-refractivity contribution in [3.63, 3.8) is 0 Å². The first-order valence-corrected chi connectivity index (χ1v) is 6.28. The van der Waals surface area contributed by atoms with Gasteiger partial charge in [-0.05, 0) is 19.8 Å². The number of alkyl halides is 1. The summed E-state index contributed by atoms with van der Waals surface area (Å²) in [4.78, 5) is 0. The lowest BCUT2D eigenvalue weighted by Gasteiger charge is -2.31. The average molecular weight is 212 g/mol. The van der Waals surface area contributed by atoms with Crippen molar-refractivity contribution in [2.75, 3.05) is 11.8 Å². The van der Waals surface area contributed by atoms with Gasteiger partial charge in [0.15, 0.2) is 0 Å². The number of sulfonamides is 1. The van der Waals surface area contributed by atoms with Crippen molar-refractivity contribution >= 4 is 21.6 Å². The zero-order valence-corrected chi connectivity index (χ0v) is 8.74.